The van der Waals surface area contributed by atoms with Crippen LogP contribution in [-0.4, -0.2) is 5.16 Å². The summed E-state index contributed by atoms with van der Waals surface area (Å²) in [5.41, 5.74) is 5.07. The number of nitrogens with zero attached hydrogens (tertiary/aromatic N) is 1. The molecule has 2 N–H and O–H groups in total. The van der Waals surface area contributed by atoms with Crippen molar-refractivity contribution in [2.45, 2.75) is 13.8 Å². The van der Waals surface area contributed by atoms with Crippen molar-refractivity contribution < 1.29 is 4.52 Å². The molecule has 1 aromatic rings. The molecule has 1 heterocycles. The minimum Gasteiger partial charge on any atom is -0.381 e. The lowest BCUT2D eigenvalue weighted by molar-refractivity contribution is 0.423. The molecule has 3 heteroatoms. The van der Waals surface area contributed by atoms with Crippen LogP contribution in [0, 0.1) is 0 Å². The van der Waals surface area contributed by atoms with E-state index in [2.05, 4.69) is 9.68 Å². The van der Waals surface area contributed by atoms with Gasteiger partial charge >= 0.3 is 0 Å². The Morgan fingerprint density at radius 3 is 2.38 bits per heavy atom. The topological polar surface area (TPSA) is 52.0 Å². The van der Waals surface area contributed by atoms with Gasteiger partial charge in [-0.2, -0.15) is 0 Å². The summed E-state index contributed by atoms with van der Waals surface area (Å²) in [5.74, 6) is 0.426. The van der Waals surface area contributed by atoms with Crippen molar-refractivity contribution in [2.75, 3.05) is 5.73 Å². The fourth-order valence-electron chi connectivity index (χ4n) is 0.222. The highest BCUT2D eigenvalue weighted by Gasteiger charge is 1.78. The van der Waals surface area contributed by atoms with Crippen LogP contribution in [-0.2, 0) is 0 Å². The maximum Gasteiger partial charge on any atom is 0.166 e. The molecule has 0 unspecified atom stereocenters. The van der Waals surface area contributed by atoms with E-state index < -0.39 is 0 Å². The first kappa shape index (κ1) is 7.01. The number of hydrogen-bond acceptors (Lipinski definition) is 3. The SMILES string of the molecule is CC.Nc1ccon1. The Morgan fingerprint density at radius 2 is 2.25 bits per heavy atom. The Balaban J connectivity index is 0.000000222. The maximum absolute atomic E-state index is 5.07. The second kappa shape index (κ2) is 4.18. The first-order valence-corrected chi connectivity index (χ1v) is 2.55. The highest BCUT2D eigenvalue weighted by molar-refractivity contribution is 5.21. The van der Waals surface area contributed by atoms with E-state index in [0.29, 0.717) is 5.82 Å². The first-order chi connectivity index (χ1) is 3.89. The highest BCUT2D eigenvalue weighted by atomic mass is 16.5. The van der Waals surface area contributed by atoms with E-state index >= 15 is 0 Å². The number of hydrogen-bond donors (Lipinski definition) is 1. The van der Waals surface area contributed by atoms with E-state index in [9.17, 15) is 0 Å². The Bertz CT molecular complexity index is 114. The average Bonchev–Trinajstić information content (AvgIpc) is 2.24. The van der Waals surface area contributed by atoms with Gasteiger partial charge in [-0.1, -0.05) is 19.0 Å². The molecule has 1 rings (SSSR count). The van der Waals surface area contributed by atoms with Crippen LogP contribution in [0.3, 0.4) is 0 Å². The van der Waals surface area contributed by atoms with Gasteiger partial charge in [0.25, 0.3) is 0 Å². The quantitative estimate of drug-likeness (QED) is 0.552. The Morgan fingerprint density at radius 1 is 1.62 bits per heavy atom. The monoisotopic (exact) mass is 114 g/mol. The summed E-state index contributed by atoms with van der Waals surface area (Å²) >= 11 is 0. The Hall–Kier alpha value is -0.990. The molecule has 0 radical (unpaired) electrons. The molecule has 0 saturated heterocycles. The second-order valence-electron chi connectivity index (χ2n) is 0.924. The van der Waals surface area contributed by atoms with E-state index in [0.717, 1.165) is 0 Å². The van der Waals surface area contributed by atoms with Gasteiger partial charge in [0.05, 0.1) is 0 Å². The van der Waals surface area contributed by atoms with Gasteiger partial charge in [-0.15, -0.1) is 0 Å². The third-order valence-corrected chi connectivity index (χ3v) is 0.458. The molecule has 0 aromatic carbocycles. The van der Waals surface area contributed by atoms with Crippen molar-refractivity contribution >= 4 is 5.82 Å². The molecule has 3 nitrogen and oxygen atoms in total. The highest BCUT2D eigenvalue weighted by Crippen LogP contribution is 1.90. The van der Waals surface area contributed by atoms with Crippen LogP contribution in [0.5, 0.6) is 0 Å². The molecular formula is C5H10N2O. The van der Waals surface area contributed by atoms with Crippen molar-refractivity contribution in [1.82, 2.24) is 5.16 Å². The second-order valence-corrected chi connectivity index (χ2v) is 0.924. The van der Waals surface area contributed by atoms with Crippen LogP contribution in [0.25, 0.3) is 0 Å². The third-order valence-electron chi connectivity index (χ3n) is 0.458. The van der Waals surface area contributed by atoms with Crippen LogP contribution in [0.1, 0.15) is 13.8 Å². The normalized spacial score (nSPS) is 7.25. The summed E-state index contributed by atoms with van der Waals surface area (Å²) in [6, 6.07) is 1.58. The molecular weight excluding hydrogens is 104 g/mol. The van der Waals surface area contributed by atoms with E-state index in [4.69, 9.17) is 5.73 Å². The van der Waals surface area contributed by atoms with E-state index in [-0.39, 0.29) is 0 Å². The fraction of sp³-hybridized carbons (Fsp3) is 0.400. The van der Waals surface area contributed by atoms with Crippen LogP contribution in [0.4, 0.5) is 5.82 Å². The molecule has 0 bridgehead atoms. The molecule has 46 valence electrons. The molecule has 0 atom stereocenters. The first-order valence-electron chi connectivity index (χ1n) is 2.55. The van der Waals surface area contributed by atoms with E-state index in [1.54, 1.807) is 6.07 Å². The summed E-state index contributed by atoms with van der Waals surface area (Å²) in [6.45, 7) is 4.00. The number of nitrogens with two attached hydrogens (primary N) is 1. The van der Waals surface area contributed by atoms with Gasteiger partial charge in [0.15, 0.2) is 5.82 Å². The van der Waals surface area contributed by atoms with Crippen molar-refractivity contribution in [3.05, 3.63) is 12.3 Å². The number of anilines is 1. The molecule has 0 amide bonds. The Kier molecular flexibility index (Phi) is 3.66. The van der Waals surface area contributed by atoms with Gasteiger partial charge in [-0.25, -0.2) is 0 Å². The summed E-state index contributed by atoms with van der Waals surface area (Å²) in [6.07, 6.45) is 1.43. The van der Waals surface area contributed by atoms with Crippen molar-refractivity contribution in [3.8, 4) is 0 Å². The van der Waals surface area contributed by atoms with E-state index in [1.165, 1.54) is 6.26 Å². The predicted molar refractivity (Wildman–Crippen MR) is 32.3 cm³/mol. The number of aromatic nitrogens is 1. The van der Waals surface area contributed by atoms with E-state index in [1.807, 2.05) is 13.8 Å². The molecule has 0 saturated carbocycles. The smallest absolute Gasteiger partial charge is 0.166 e. The lowest BCUT2D eigenvalue weighted by Gasteiger charge is -1.65. The molecule has 0 fully saturated rings. The lowest BCUT2D eigenvalue weighted by atomic mass is 10.7. The van der Waals surface area contributed by atoms with Gasteiger partial charge in [0.2, 0.25) is 0 Å². The van der Waals surface area contributed by atoms with Gasteiger partial charge in [-0.3, -0.25) is 0 Å². The molecule has 0 aliphatic carbocycles. The van der Waals surface area contributed by atoms with Crippen molar-refractivity contribution in [1.29, 1.82) is 0 Å². The molecule has 8 heavy (non-hydrogen) atoms. The molecule has 0 aliphatic rings. The largest absolute Gasteiger partial charge is 0.381 e. The minimum absolute atomic E-state index is 0.426. The minimum atomic E-state index is 0.426. The van der Waals surface area contributed by atoms with Gasteiger partial charge in [0.1, 0.15) is 6.26 Å². The summed E-state index contributed by atoms with van der Waals surface area (Å²) in [7, 11) is 0. The Labute approximate surface area is 48.5 Å². The zero-order valence-electron chi connectivity index (χ0n) is 5.09. The molecule has 0 spiro atoms. The number of rotatable bonds is 0. The zero-order chi connectivity index (χ0) is 6.41. The van der Waals surface area contributed by atoms with Gasteiger partial charge in [0, 0.05) is 6.07 Å². The van der Waals surface area contributed by atoms with Gasteiger partial charge in [-0.05, 0) is 0 Å². The summed E-state index contributed by atoms with van der Waals surface area (Å²) in [4.78, 5) is 0. The van der Waals surface area contributed by atoms with Crippen LogP contribution in [0.2, 0.25) is 0 Å². The average molecular weight is 114 g/mol. The van der Waals surface area contributed by atoms with Crippen molar-refractivity contribution in [2.24, 2.45) is 0 Å². The van der Waals surface area contributed by atoms with Crippen LogP contribution in [0.15, 0.2) is 16.9 Å². The standard InChI is InChI=1S/C3H4N2O.C2H6/c4-3-1-2-6-5-3;1-2/h1-2H,(H2,4,5);1-2H3. The van der Waals surface area contributed by atoms with Crippen LogP contribution >= 0.6 is 0 Å². The third kappa shape index (κ3) is 2.23. The summed E-state index contributed by atoms with van der Waals surface area (Å²) < 4.78 is 4.34. The lowest BCUT2D eigenvalue weighted by Crippen LogP contribution is -1.79. The van der Waals surface area contributed by atoms with Crippen LogP contribution < -0.4 is 5.73 Å². The predicted octanol–water partition coefficient (Wildman–Crippen LogP) is 1.28. The fourth-order valence-corrected chi connectivity index (χ4v) is 0.222. The van der Waals surface area contributed by atoms with Crippen molar-refractivity contribution in [3.63, 3.8) is 0 Å². The molecule has 0 aliphatic heterocycles. The zero-order valence-corrected chi connectivity index (χ0v) is 5.09. The van der Waals surface area contributed by atoms with Gasteiger partial charge < -0.3 is 10.3 Å². The molecule has 1 aromatic heterocycles. The number of nitrogen functional groups attached to an aromatic ring is 1. The summed E-state index contributed by atoms with van der Waals surface area (Å²) in [5, 5.41) is 3.32. The maximum atomic E-state index is 5.07.